The number of carbonyl (C=O) groups is 2. The molecule has 1 aliphatic heterocycles. The number of hydrogen-bond acceptors (Lipinski definition) is 5. The van der Waals surface area contributed by atoms with E-state index in [2.05, 4.69) is 5.32 Å². The van der Waals surface area contributed by atoms with Crippen molar-refractivity contribution in [3.8, 4) is 17.2 Å². The monoisotopic (exact) mass is 426 g/mol. The maximum absolute atomic E-state index is 13.0. The van der Waals surface area contributed by atoms with Gasteiger partial charge in [0.05, 0.1) is 19.8 Å². The number of amides is 2. The zero-order valence-corrected chi connectivity index (χ0v) is 18.4. The van der Waals surface area contributed by atoms with Crippen molar-refractivity contribution in [3.05, 3.63) is 42.0 Å². The molecule has 1 heterocycles. The van der Waals surface area contributed by atoms with Crippen LogP contribution in [0.25, 0.3) is 0 Å². The molecule has 0 spiro atoms. The largest absolute Gasteiger partial charge is 0.490 e. The number of benzene rings is 2. The second-order valence-corrected chi connectivity index (χ2v) is 7.11. The van der Waals surface area contributed by atoms with Crippen LogP contribution in [-0.2, 0) is 4.79 Å². The predicted molar refractivity (Wildman–Crippen MR) is 121 cm³/mol. The molecular weight excluding hydrogens is 396 g/mol. The van der Waals surface area contributed by atoms with Gasteiger partial charge in [-0.05, 0) is 63.9 Å². The number of piperidine rings is 1. The molecule has 2 amide bonds. The first-order valence-corrected chi connectivity index (χ1v) is 10.9. The molecule has 1 fully saturated rings. The number of nitrogens with zero attached hydrogens (tertiary/aromatic N) is 1. The van der Waals surface area contributed by atoms with Crippen molar-refractivity contribution >= 4 is 23.2 Å². The third-order valence-corrected chi connectivity index (χ3v) is 4.91. The summed E-state index contributed by atoms with van der Waals surface area (Å²) in [6.07, 6.45) is 2.46. The van der Waals surface area contributed by atoms with E-state index in [1.807, 2.05) is 39.0 Å². The molecule has 1 aliphatic rings. The SMILES string of the molecule is CCOc1cc(C(=O)Nc2cccc(N3CCCCC3=O)c2)cc(OCC)c1OCC. The zero-order valence-electron chi connectivity index (χ0n) is 18.4. The van der Waals surface area contributed by atoms with Gasteiger partial charge in [-0.3, -0.25) is 9.59 Å². The van der Waals surface area contributed by atoms with Crippen LogP contribution in [0.3, 0.4) is 0 Å². The molecule has 0 radical (unpaired) electrons. The van der Waals surface area contributed by atoms with E-state index >= 15 is 0 Å². The maximum Gasteiger partial charge on any atom is 0.255 e. The van der Waals surface area contributed by atoms with E-state index < -0.39 is 0 Å². The fourth-order valence-electron chi connectivity index (χ4n) is 3.55. The molecule has 0 aromatic heterocycles. The first-order valence-electron chi connectivity index (χ1n) is 10.9. The van der Waals surface area contributed by atoms with Gasteiger partial charge in [0.2, 0.25) is 11.7 Å². The number of ether oxygens (including phenoxy) is 3. The van der Waals surface area contributed by atoms with Gasteiger partial charge >= 0.3 is 0 Å². The Morgan fingerprint density at radius 1 is 0.968 bits per heavy atom. The Bertz CT molecular complexity index is 901. The highest BCUT2D eigenvalue weighted by atomic mass is 16.5. The Balaban J connectivity index is 1.86. The van der Waals surface area contributed by atoms with Gasteiger partial charge in [0.25, 0.3) is 5.91 Å². The summed E-state index contributed by atoms with van der Waals surface area (Å²) in [5, 5.41) is 2.91. The third-order valence-electron chi connectivity index (χ3n) is 4.91. The van der Waals surface area contributed by atoms with Crippen molar-refractivity contribution in [2.75, 3.05) is 36.6 Å². The summed E-state index contributed by atoms with van der Waals surface area (Å²) >= 11 is 0. The molecule has 7 heteroatoms. The average molecular weight is 427 g/mol. The highest BCUT2D eigenvalue weighted by Gasteiger charge is 2.21. The van der Waals surface area contributed by atoms with Crippen molar-refractivity contribution in [3.63, 3.8) is 0 Å². The Morgan fingerprint density at radius 3 is 2.26 bits per heavy atom. The van der Waals surface area contributed by atoms with Gasteiger partial charge in [-0.2, -0.15) is 0 Å². The minimum Gasteiger partial charge on any atom is -0.490 e. The van der Waals surface area contributed by atoms with Crippen LogP contribution in [0.4, 0.5) is 11.4 Å². The lowest BCUT2D eigenvalue weighted by Gasteiger charge is -2.27. The molecule has 2 aromatic rings. The summed E-state index contributed by atoms with van der Waals surface area (Å²) in [6.45, 7) is 7.64. The average Bonchev–Trinajstić information content (AvgIpc) is 2.76. The van der Waals surface area contributed by atoms with Gasteiger partial charge in [0, 0.05) is 29.9 Å². The summed E-state index contributed by atoms with van der Waals surface area (Å²) in [4.78, 5) is 27.0. The zero-order chi connectivity index (χ0) is 22.2. The Labute approximate surface area is 183 Å². The molecule has 0 unspecified atom stereocenters. The van der Waals surface area contributed by atoms with Crippen LogP contribution in [0.15, 0.2) is 36.4 Å². The smallest absolute Gasteiger partial charge is 0.255 e. The van der Waals surface area contributed by atoms with Gasteiger partial charge in [-0.15, -0.1) is 0 Å². The number of hydrogen-bond donors (Lipinski definition) is 1. The number of carbonyl (C=O) groups excluding carboxylic acids is 2. The van der Waals surface area contributed by atoms with Gasteiger partial charge in [-0.25, -0.2) is 0 Å². The Kier molecular flexibility index (Phi) is 7.76. The summed E-state index contributed by atoms with van der Waals surface area (Å²) < 4.78 is 17.1. The molecule has 0 bridgehead atoms. The highest BCUT2D eigenvalue weighted by Crippen LogP contribution is 2.39. The third kappa shape index (κ3) is 5.48. The van der Waals surface area contributed by atoms with E-state index in [9.17, 15) is 9.59 Å². The van der Waals surface area contributed by atoms with E-state index in [4.69, 9.17) is 14.2 Å². The maximum atomic E-state index is 13.0. The first kappa shape index (κ1) is 22.5. The van der Waals surface area contributed by atoms with Crippen molar-refractivity contribution in [2.45, 2.75) is 40.0 Å². The number of nitrogens with one attached hydrogen (secondary N) is 1. The van der Waals surface area contributed by atoms with E-state index in [0.717, 1.165) is 18.5 Å². The molecule has 0 aliphatic carbocycles. The minimum atomic E-state index is -0.299. The van der Waals surface area contributed by atoms with Crippen LogP contribution in [0, 0.1) is 0 Å². The van der Waals surface area contributed by atoms with E-state index in [1.54, 1.807) is 23.1 Å². The summed E-state index contributed by atoms with van der Waals surface area (Å²) in [6, 6.07) is 10.7. The molecule has 7 nitrogen and oxygen atoms in total. The lowest BCUT2D eigenvalue weighted by atomic mass is 10.1. The lowest BCUT2D eigenvalue weighted by Crippen LogP contribution is -2.35. The molecule has 1 saturated heterocycles. The first-order chi connectivity index (χ1) is 15.1. The predicted octanol–water partition coefficient (Wildman–Crippen LogP) is 4.65. The molecule has 2 aromatic carbocycles. The number of anilines is 2. The molecule has 0 saturated carbocycles. The topological polar surface area (TPSA) is 77.1 Å². The van der Waals surface area contributed by atoms with Crippen molar-refractivity contribution in [2.24, 2.45) is 0 Å². The lowest BCUT2D eigenvalue weighted by molar-refractivity contribution is -0.119. The molecule has 0 atom stereocenters. The van der Waals surface area contributed by atoms with Crippen molar-refractivity contribution in [1.29, 1.82) is 0 Å². The molecule has 31 heavy (non-hydrogen) atoms. The molecule has 166 valence electrons. The van der Waals surface area contributed by atoms with Gasteiger partial charge < -0.3 is 24.4 Å². The second kappa shape index (κ2) is 10.7. The minimum absolute atomic E-state index is 0.115. The highest BCUT2D eigenvalue weighted by molar-refractivity contribution is 6.05. The van der Waals surface area contributed by atoms with Crippen LogP contribution < -0.4 is 24.4 Å². The fraction of sp³-hybridized carbons (Fsp3) is 0.417. The van der Waals surface area contributed by atoms with Crippen LogP contribution in [-0.4, -0.2) is 38.2 Å². The van der Waals surface area contributed by atoms with Crippen LogP contribution >= 0.6 is 0 Å². The van der Waals surface area contributed by atoms with Gasteiger partial charge in [0.1, 0.15) is 0 Å². The van der Waals surface area contributed by atoms with Crippen molar-refractivity contribution in [1.82, 2.24) is 0 Å². The Hall–Kier alpha value is -3.22. The summed E-state index contributed by atoms with van der Waals surface area (Å²) in [7, 11) is 0. The quantitative estimate of drug-likeness (QED) is 0.631. The van der Waals surface area contributed by atoms with E-state index in [1.165, 1.54) is 0 Å². The van der Waals surface area contributed by atoms with E-state index in [-0.39, 0.29) is 11.8 Å². The second-order valence-electron chi connectivity index (χ2n) is 7.11. The number of rotatable bonds is 9. The van der Waals surface area contributed by atoms with Gasteiger partial charge in [-0.1, -0.05) is 6.07 Å². The molecule has 1 N–H and O–H groups in total. The molecular formula is C24H30N2O5. The summed E-state index contributed by atoms with van der Waals surface area (Å²) in [5.74, 6) is 1.24. The van der Waals surface area contributed by atoms with Crippen molar-refractivity contribution < 1.29 is 23.8 Å². The summed E-state index contributed by atoms with van der Waals surface area (Å²) in [5.41, 5.74) is 1.81. The Morgan fingerprint density at radius 2 is 1.65 bits per heavy atom. The van der Waals surface area contributed by atoms with E-state index in [0.29, 0.717) is 61.3 Å². The van der Waals surface area contributed by atoms with Gasteiger partial charge in [0.15, 0.2) is 11.5 Å². The van der Waals surface area contributed by atoms with Crippen LogP contribution in [0.2, 0.25) is 0 Å². The standard InChI is InChI=1S/C24H30N2O5/c1-4-29-20-14-17(15-21(30-5-2)23(20)31-6-3)24(28)25-18-10-9-11-19(16-18)26-13-8-7-12-22(26)27/h9-11,14-16H,4-8,12-13H2,1-3H3,(H,25,28). The fourth-order valence-corrected chi connectivity index (χ4v) is 3.55. The van der Waals surface area contributed by atoms with Crippen LogP contribution in [0.5, 0.6) is 17.2 Å². The molecule has 3 rings (SSSR count). The normalized spacial score (nSPS) is 13.6. The van der Waals surface area contributed by atoms with Crippen LogP contribution in [0.1, 0.15) is 50.4 Å².